The summed E-state index contributed by atoms with van der Waals surface area (Å²) in [6.07, 6.45) is 1.45. The molecule has 0 amide bonds. The van der Waals surface area contributed by atoms with E-state index in [0.29, 0.717) is 12.0 Å². The number of azide groups is 1. The first kappa shape index (κ1) is 12.5. The smallest absolute Gasteiger partial charge is 0.193 e. The lowest BCUT2D eigenvalue weighted by Crippen LogP contribution is -2.14. The van der Waals surface area contributed by atoms with Crippen molar-refractivity contribution in [2.75, 3.05) is 0 Å². The minimum Gasteiger partial charge on any atom is -0.289 e. The van der Waals surface area contributed by atoms with Crippen LogP contribution in [0, 0.1) is 0 Å². The molecule has 1 unspecified atom stereocenters. The summed E-state index contributed by atoms with van der Waals surface area (Å²) in [5, 5.41) is 3.86. The number of fused-ring (bicyclic) bond motifs is 2. The number of hydrogen-bond acceptors (Lipinski definition) is 2. The van der Waals surface area contributed by atoms with Crippen molar-refractivity contribution in [1.29, 1.82) is 0 Å². The predicted octanol–water partition coefficient (Wildman–Crippen LogP) is 4.22. The van der Waals surface area contributed by atoms with Gasteiger partial charge < -0.3 is 0 Å². The topological polar surface area (TPSA) is 65.8 Å². The molecule has 20 heavy (non-hydrogen) atoms. The van der Waals surface area contributed by atoms with Crippen molar-refractivity contribution in [2.45, 2.75) is 18.9 Å². The van der Waals surface area contributed by atoms with Crippen LogP contribution in [0.2, 0.25) is 0 Å². The summed E-state index contributed by atoms with van der Waals surface area (Å²) >= 11 is 0. The van der Waals surface area contributed by atoms with E-state index in [2.05, 4.69) is 10.0 Å². The lowest BCUT2D eigenvalue weighted by Gasteiger charge is -2.20. The average Bonchev–Trinajstić information content (AvgIpc) is 2.50. The van der Waals surface area contributed by atoms with Gasteiger partial charge in [0.15, 0.2) is 5.78 Å². The van der Waals surface area contributed by atoms with Crippen LogP contribution < -0.4 is 0 Å². The largest absolute Gasteiger partial charge is 0.289 e. The zero-order chi connectivity index (χ0) is 13.9. The molecule has 4 heteroatoms. The normalized spacial score (nSPS) is 17.2. The number of aryl methyl sites for hydroxylation is 1. The van der Waals surface area contributed by atoms with Crippen LogP contribution in [-0.2, 0) is 6.42 Å². The zero-order valence-electron chi connectivity index (χ0n) is 10.9. The predicted molar refractivity (Wildman–Crippen MR) is 76.5 cm³/mol. The highest BCUT2D eigenvalue weighted by Gasteiger charge is 2.23. The van der Waals surface area contributed by atoms with E-state index in [1.54, 1.807) is 6.07 Å². The van der Waals surface area contributed by atoms with Crippen molar-refractivity contribution in [3.05, 3.63) is 81.2 Å². The van der Waals surface area contributed by atoms with Crippen molar-refractivity contribution in [2.24, 2.45) is 5.11 Å². The molecule has 0 saturated heterocycles. The molecule has 1 aliphatic carbocycles. The zero-order valence-corrected chi connectivity index (χ0v) is 10.9. The Morgan fingerprint density at radius 2 is 1.75 bits per heavy atom. The minimum absolute atomic E-state index is 0.00837. The van der Waals surface area contributed by atoms with Gasteiger partial charge in [0.25, 0.3) is 0 Å². The van der Waals surface area contributed by atoms with E-state index in [4.69, 9.17) is 5.53 Å². The van der Waals surface area contributed by atoms with E-state index in [-0.39, 0.29) is 11.8 Å². The molecule has 1 atom stereocenters. The fourth-order valence-electron chi connectivity index (χ4n) is 2.73. The van der Waals surface area contributed by atoms with Gasteiger partial charge in [0.1, 0.15) is 0 Å². The molecule has 0 aliphatic heterocycles. The Morgan fingerprint density at radius 3 is 2.55 bits per heavy atom. The van der Waals surface area contributed by atoms with Gasteiger partial charge in [-0.05, 0) is 29.5 Å². The number of hydrogen-bond donors (Lipinski definition) is 0. The number of nitrogens with zero attached hydrogens (tertiary/aromatic N) is 3. The molecule has 0 spiro atoms. The summed E-state index contributed by atoms with van der Waals surface area (Å²) in [4.78, 5) is 15.6. The van der Waals surface area contributed by atoms with Crippen LogP contribution in [-0.4, -0.2) is 5.78 Å². The van der Waals surface area contributed by atoms with Gasteiger partial charge in [-0.2, -0.15) is 0 Å². The molecule has 0 saturated carbocycles. The van der Waals surface area contributed by atoms with E-state index in [1.165, 1.54) is 0 Å². The molecule has 2 aromatic rings. The highest BCUT2D eigenvalue weighted by Crippen LogP contribution is 2.32. The Bertz CT molecular complexity index is 717. The molecule has 1 aliphatic rings. The number of carbonyl (C=O) groups excluding carboxylic acids is 1. The van der Waals surface area contributed by atoms with Crippen LogP contribution >= 0.6 is 0 Å². The lowest BCUT2D eigenvalue weighted by molar-refractivity contribution is 0.103. The second-order valence-corrected chi connectivity index (χ2v) is 4.83. The first-order valence-corrected chi connectivity index (χ1v) is 6.57. The van der Waals surface area contributed by atoms with E-state index >= 15 is 0 Å². The Kier molecular flexibility index (Phi) is 3.23. The van der Waals surface area contributed by atoms with Gasteiger partial charge in [0.2, 0.25) is 0 Å². The number of rotatable bonds is 1. The molecule has 0 bridgehead atoms. The van der Waals surface area contributed by atoms with E-state index < -0.39 is 0 Å². The second kappa shape index (κ2) is 5.19. The van der Waals surface area contributed by atoms with Crippen LogP contribution in [0.1, 0.15) is 39.5 Å². The van der Waals surface area contributed by atoms with Gasteiger partial charge in [0, 0.05) is 16.0 Å². The highest BCUT2D eigenvalue weighted by atomic mass is 16.1. The number of ketones is 1. The standard InChI is InChI=1S/C16H13N3O/c17-19-18-15-10-9-11-5-1-2-6-12(11)16(20)14-8-4-3-7-13(14)15/h1-8,15H,9-10H2. The molecule has 0 radical (unpaired) electrons. The Balaban J connectivity index is 2.21. The van der Waals surface area contributed by atoms with Gasteiger partial charge in [0.05, 0.1) is 6.04 Å². The van der Waals surface area contributed by atoms with Crippen molar-refractivity contribution in [1.82, 2.24) is 0 Å². The van der Waals surface area contributed by atoms with Crippen LogP contribution in [0.4, 0.5) is 0 Å². The van der Waals surface area contributed by atoms with Crippen LogP contribution in [0.15, 0.2) is 53.6 Å². The molecule has 0 heterocycles. The maximum Gasteiger partial charge on any atom is 0.193 e. The minimum atomic E-state index is -0.284. The van der Waals surface area contributed by atoms with Crippen molar-refractivity contribution in [3.63, 3.8) is 0 Å². The maximum absolute atomic E-state index is 12.7. The van der Waals surface area contributed by atoms with Crippen LogP contribution in [0.3, 0.4) is 0 Å². The highest BCUT2D eigenvalue weighted by molar-refractivity contribution is 6.11. The maximum atomic E-state index is 12.7. The fraction of sp³-hybridized carbons (Fsp3) is 0.188. The van der Waals surface area contributed by atoms with Crippen molar-refractivity contribution < 1.29 is 4.79 Å². The van der Waals surface area contributed by atoms with E-state index in [1.807, 2.05) is 42.5 Å². The van der Waals surface area contributed by atoms with E-state index in [9.17, 15) is 4.79 Å². The third kappa shape index (κ3) is 2.06. The average molecular weight is 263 g/mol. The molecule has 3 rings (SSSR count). The number of carbonyl (C=O) groups is 1. The van der Waals surface area contributed by atoms with Crippen LogP contribution in [0.25, 0.3) is 10.4 Å². The van der Waals surface area contributed by atoms with Gasteiger partial charge >= 0.3 is 0 Å². The summed E-state index contributed by atoms with van der Waals surface area (Å²) in [5.74, 6) is 0.00837. The summed E-state index contributed by atoms with van der Waals surface area (Å²) < 4.78 is 0. The lowest BCUT2D eigenvalue weighted by atomic mass is 9.86. The Hall–Kier alpha value is -2.58. The summed E-state index contributed by atoms with van der Waals surface area (Å²) in [6, 6.07) is 14.8. The first-order valence-electron chi connectivity index (χ1n) is 6.57. The quantitative estimate of drug-likeness (QED) is 0.431. The van der Waals surface area contributed by atoms with Gasteiger partial charge in [-0.3, -0.25) is 4.79 Å². The first-order chi connectivity index (χ1) is 9.81. The molecular weight excluding hydrogens is 250 g/mol. The van der Waals surface area contributed by atoms with Gasteiger partial charge in [-0.25, -0.2) is 0 Å². The Morgan fingerprint density at radius 1 is 1.05 bits per heavy atom. The van der Waals surface area contributed by atoms with Crippen molar-refractivity contribution in [3.8, 4) is 0 Å². The summed E-state index contributed by atoms with van der Waals surface area (Å²) in [7, 11) is 0. The Labute approximate surface area is 116 Å². The van der Waals surface area contributed by atoms with Crippen molar-refractivity contribution >= 4 is 5.78 Å². The summed E-state index contributed by atoms with van der Waals surface area (Å²) in [6.45, 7) is 0. The third-order valence-electron chi connectivity index (χ3n) is 3.70. The molecule has 2 aromatic carbocycles. The third-order valence-corrected chi connectivity index (χ3v) is 3.70. The SMILES string of the molecule is [N-]=[N+]=NC1CCc2ccccc2C(=O)c2ccccc21. The molecule has 4 nitrogen and oxygen atoms in total. The van der Waals surface area contributed by atoms with Gasteiger partial charge in [-0.1, -0.05) is 53.6 Å². The monoisotopic (exact) mass is 263 g/mol. The summed E-state index contributed by atoms with van der Waals surface area (Å²) in [5.41, 5.74) is 12.0. The second-order valence-electron chi connectivity index (χ2n) is 4.83. The molecule has 0 fully saturated rings. The molecule has 0 N–H and O–H groups in total. The van der Waals surface area contributed by atoms with E-state index in [0.717, 1.165) is 23.1 Å². The fourth-order valence-corrected chi connectivity index (χ4v) is 2.73. The molecular formula is C16H13N3O. The number of benzene rings is 2. The molecule has 98 valence electrons. The molecule has 0 aromatic heterocycles. The van der Waals surface area contributed by atoms with Gasteiger partial charge in [-0.15, -0.1) is 0 Å². The van der Waals surface area contributed by atoms with Crippen LogP contribution in [0.5, 0.6) is 0 Å².